The smallest absolute Gasteiger partial charge is 0.265 e. The Hall–Kier alpha value is -3.13. The Labute approximate surface area is 148 Å². The molecule has 0 saturated carbocycles. The summed E-state index contributed by atoms with van der Waals surface area (Å²) in [6.07, 6.45) is 4.82. The van der Waals surface area contributed by atoms with Crippen molar-refractivity contribution in [2.45, 2.75) is 13.8 Å². The van der Waals surface area contributed by atoms with Crippen LogP contribution < -0.4 is 0 Å². The summed E-state index contributed by atoms with van der Waals surface area (Å²) in [5.41, 5.74) is 7.17. The van der Waals surface area contributed by atoms with Crippen molar-refractivity contribution in [2.24, 2.45) is 0 Å². The second-order valence-corrected chi connectivity index (χ2v) is 6.13. The van der Waals surface area contributed by atoms with Crippen LogP contribution in [0.3, 0.4) is 0 Å². The van der Waals surface area contributed by atoms with Crippen LogP contribution >= 0.6 is 0 Å². The SMILES string of the molecule is Cc1cc(C=O)c([OH2+])cc1/C=C/c1cccc(-c2ccccc2)c1C. The van der Waals surface area contributed by atoms with Crippen molar-refractivity contribution >= 4 is 18.4 Å². The molecule has 0 aliphatic rings. The molecular formula is C23H21O2+. The van der Waals surface area contributed by atoms with Crippen molar-refractivity contribution in [3.8, 4) is 16.9 Å². The molecule has 0 aliphatic heterocycles. The van der Waals surface area contributed by atoms with E-state index in [4.69, 9.17) is 5.11 Å². The molecule has 25 heavy (non-hydrogen) atoms. The predicted molar refractivity (Wildman–Crippen MR) is 105 cm³/mol. The molecule has 0 aliphatic carbocycles. The van der Waals surface area contributed by atoms with Crippen LogP contribution in [0.15, 0.2) is 60.7 Å². The molecular weight excluding hydrogens is 308 g/mol. The molecule has 0 bridgehead atoms. The first-order valence-corrected chi connectivity index (χ1v) is 8.24. The molecule has 124 valence electrons. The largest absolute Gasteiger partial charge is 0.593 e. The highest BCUT2D eigenvalue weighted by Gasteiger charge is 2.08. The Morgan fingerprint density at radius 2 is 1.52 bits per heavy atom. The highest BCUT2D eigenvalue weighted by Crippen LogP contribution is 2.27. The van der Waals surface area contributed by atoms with E-state index in [2.05, 4.69) is 43.3 Å². The van der Waals surface area contributed by atoms with Crippen LogP contribution in [0, 0.1) is 13.8 Å². The molecule has 0 heterocycles. The van der Waals surface area contributed by atoms with E-state index in [1.54, 1.807) is 12.1 Å². The maximum Gasteiger partial charge on any atom is 0.265 e. The highest BCUT2D eigenvalue weighted by molar-refractivity contribution is 5.83. The zero-order chi connectivity index (χ0) is 17.8. The summed E-state index contributed by atoms with van der Waals surface area (Å²) in [4.78, 5) is 10.9. The van der Waals surface area contributed by atoms with Gasteiger partial charge in [-0.1, -0.05) is 60.7 Å². The first kappa shape index (κ1) is 16.7. The molecule has 2 N–H and O–H groups in total. The molecule has 2 heteroatoms. The Balaban J connectivity index is 1.98. The zero-order valence-electron chi connectivity index (χ0n) is 14.4. The Morgan fingerprint density at radius 3 is 2.24 bits per heavy atom. The van der Waals surface area contributed by atoms with Gasteiger partial charge in [-0.25, -0.2) is 0 Å². The van der Waals surface area contributed by atoms with Gasteiger partial charge in [0.05, 0.1) is 0 Å². The van der Waals surface area contributed by atoms with E-state index in [9.17, 15) is 4.79 Å². The van der Waals surface area contributed by atoms with Crippen molar-refractivity contribution in [1.82, 2.24) is 0 Å². The van der Waals surface area contributed by atoms with Gasteiger partial charge in [0.1, 0.15) is 5.56 Å². The van der Waals surface area contributed by atoms with E-state index in [1.165, 1.54) is 16.7 Å². The predicted octanol–water partition coefficient (Wildman–Crippen LogP) is 5.39. The molecule has 0 radical (unpaired) electrons. The number of hydrogen-bond acceptors (Lipinski definition) is 1. The molecule has 0 atom stereocenters. The summed E-state index contributed by atoms with van der Waals surface area (Å²) in [7, 11) is 0. The van der Waals surface area contributed by atoms with Gasteiger partial charge < -0.3 is 5.11 Å². The summed E-state index contributed by atoms with van der Waals surface area (Å²) in [6, 6.07) is 20.1. The minimum absolute atomic E-state index is 0.259. The topological polar surface area (TPSA) is 40.0 Å². The normalized spacial score (nSPS) is 11.0. The Kier molecular flexibility index (Phi) is 4.80. The first-order chi connectivity index (χ1) is 12.1. The van der Waals surface area contributed by atoms with E-state index in [1.807, 2.05) is 31.2 Å². The number of aryl methyl sites for hydroxylation is 1. The van der Waals surface area contributed by atoms with Crippen molar-refractivity contribution in [2.75, 3.05) is 0 Å². The fourth-order valence-electron chi connectivity index (χ4n) is 2.97. The number of benzene rings is 3. The molecule has 2 nitrogen and oxygen atoms in total. The number of rotatable bonds is 4. The van der Waals surface area contributed by atoms with Crippen LogP contribution in [0.2, 0.25) is 0 Å². The van der Waals surface area contributed by atoms with E-state index >= 15 is 0 Å². The molecule has 0 unspecified atom stereocenters. The molecule has 0 fully saturated rings. The lowest BCUT2D eigenvalue weighted by Gasteiger charge is -2.09. The van der Waals surface area contributed by atoms with Gasteiger partial charge in [0.15, 0.2) is 6.29 Å². The van der Waals surface area contributed by atoms with Gasteiger partial charge in [0.2, 0.25) is 0 Å². The van der Waals surface area contributed by atoms with Crippen molar-refractivity contribution in [3.05, 3.63) is 88.5 Å². The van der Waals surface area contributed by atoms with Crippen molar-refractivity contribution in [1.29, 1.82) is 0 Å². The van der Waals surface area contributed by atoms with Crippen LogP contribution in [-0.4, -0.2) is 11.4 Å². The summed E-state index contributed by atoms with van der Waals surface area (Å²) >= 11 is 0. The van der Waals surface area contributed by atoms with Gasteiger partial charge in [0, 0.05) is 6.07 Å². The molecule has 0 spiro atoms. The van der Waals surface area contributed by atoms with Gasteiger partial charge >= 0.3 is 0 Å². The van der Waals surface area contributed by atoms with Crippen LogP contribution in [-0.2, 0) is 0 Å². The van der Waals surface area contributed by atoms with Crippen LogP contribution in [0.1, 0.15) is 32.6 Å². The Morgan fingerprint density at radius 1 is 0.800 bits per heavy atom. The highest BCUT2D eigenvalue weighted by atomic mass is 16.3. The van der Waals surface area contributed by atoms with E-state index < -0.39 is 0 Å². The van der Waals surface area contributed by atoms with Gasteiger partial charge in [0.25, 0.3) is 5.75 Å². The average molecular weight is 329 g/mol. The number of hydrogen-bond donors (Lipinski definition) is 0. The number of aldehydes is 1. The van der Waals surface area contributed by atoms with Crippen LogP contribution in [0.25, 0.3) is 23.3 Å². The summed E-state index contributed by atoms with van der Waals surface area (Å²) in [5, 5.41) is 7.91. The molecule has 0 saturated heterocycles. The third-order valence-corrected chi connectivity index (χ3v) is 4.47. The van der Waals surface area contributed by atoms with Crippen LogP contribution in [0.5, 0.6) is 5.75 Å². The van der Waals surface area contributed by atoms with Crippen molar-refractivity contribution in [3.63, 3.8) is 0 Å². The van der Waals surface area contributed by atoms with Gasteiger partial charge in [-0.05, 0) is 53.3 Å². The zero-order valence-corrected chi connectivity index (χ0v) is 14.4. The van der Waals surface area contributed by atoms with E-state index in [0.717, 1.165) is 23.0 Å². The van der Waals surface area contributed by atoms with E-state index in [-0.39, 0.29) is 5.75 Å². The number of carbonyl (C=O) groups is 1. The lowest BCUT2D eigenvalue weighted by atomic mass is 9.95. The minimum Gasteiger partial charge on any atom is -0.593 e. The Bertz CT molecular complexity index is 938. The summed E-state index contributed by atoms with van der Waals surface area (Å²) < 4.78 is 0. The van der Waals surface area contributed by atoms with Gasteiger partial charge in [-0.3, -0.25) is 4.79 Å². The monoisotopic (exact) mass is 329 g/mol. The van der Waals surface area contributed by atoms with Crippen LogP contribution in [0.4, 0.5) is 0 Å². The second-order valence-electron chi connectivity index (χ2n) is 6.13. The third-order valence-electron chi connectivity index (χ3n) is 4.47. The third kappa shape index (κ3) is 3.53. The quantitative estimate of drug-likeness (QED) is 0.359. The average Bonchev–Trinajstić information content (AvgIpc) is 2.63. The lowest BCUT2D eigenvalue weighted by molar-refractivity contribution is 0.112. The molecule has 3 aromatic carbocycles. The maximum absolute atomic E-state index is 10.9. The molecule has 3 aromatic rings. The minimum atomic E-state index is 0.259. The second kappa shape index (κ2) is 7.18. The summed E-state index contributed by atoms with van der Waals surface area (Å²) in [6.45, 7) is 4.08. The fraction of sp³-hybridized carbons (Fsp3) is 0.0870. The maximum atomic E-state index is 10.9. The standard InChI is InChI=1S/C23H20O2/c1-16-13-21(15-24)23(25)14-20(16)12-11-18-9-6-10-22(17(18)2)19-7-4-3-5-8-19/h3-15,25H,1-2H3/p+1/b12-11+. The molecule has 3 rings (SSSR count). The summed E-state index contributed by atoms with van der Waals surface area (Å²) in [5.74, 6) is 0.259. The van der Waals surface area contributed by atoms with E-state index in [0.29, 0.717) is 5.56 Å². The molecule has 0 aromatic heterocycles. The number of carbonyl (C=O) groups excluding carboxylic acids is 1. The lowest BCUT2D eigenvalue weighted by Crippen LogP contribution is -1.89. The van der Waals surface area contributed by atoms with Crippen molar-refractivity contribution < 1.29 is 9.90 Å². The molecule has 0 amide bonds. The van der Waals surface area contributed by atoms with Gasteiger partial charge in [-0.2, -0.15) is 0 Å². The first-order valence-electron chi connectivity index (χ1n) is 8.24. The van der Waals surface area contributed by atoms with Gasteiger partial charge in [-0.15, -0.1) is 0 Å². The fourth-order valence-corrected chi connectivity index (χ4v) is 2.97.